The van der Waals surface area contributed by atoms with E-state index in [4.69, 9.17) is 9.57 Å². The molecule has 2 heterocycles. The van der Waals surface area contributed by atoms with Gasteiger partial charge in [0.15, 0.2) is 6.29 Å². The molecule has 3 heteroatoms. The van der Waals surface area contributed by atoms with Gasteiger partial charge in [-0.2, -0.15) is 5.06 Å². The Morgan fingerprint density at radius 2 is 2.14 bits per heavy atom. The molecule has 0 saturated carbocycles. The second-order valence-electron chi connectivity index (χ2n) is 4.22. The fourth-order valence-corrected chi connectivity index (χ4v) is 2.40. The highest BCUT2D eigenvalue weighted by atomic mass is 16.8. The van der Waals surface area contributed by atoms with Crippen molar-refractivity contribution in [3.63, 3.8) is 0 Å². The molecule has 14 heavy (non-hydrogen) atoms. The maximum atomic E-state index is 5.75. The van der Waals surface area contributed by atoms with Gasteiger partial charge in [0, 0.05) is 25.6 Å². The summed E-state index contributed by atoms with van der Waals surface area (Å²) in [6.45, 7) is 3.87. The van der Waals surface area contributed by atoms with E-state index in [1.807, 2.05) is 6.92 Å². The molecule has 0 aliphatic carbocycles. The smallest absolute Gasteiger partial charge is 0.179 e. The van der Waals surface area contributed by atoms with Crippen LogP contribution in [0.25, 0.3) is 0 Å². The first-order valence-electron chi connectivity index (χ1n) is 5.95. The maximum Gasteiger partial charge on any atom is 0.179 e. The molecule has 0 aromatic carbocycles. The van der Waals surface area contributed by atoms with E-state index < -0.39 is 0 Å². The number of hydroxylamine groups is 2. The molecule has 3 nitrogen and oxygen atoms in total. The number of nitrogens with zero attached hydrogens (tertiary/aromatic N) is 1. The molecular formula is C11H21NO2. The molecule has 0 bridgehead atoms. The van der Waals surface area contributed by atoms with Gasteiger partial charge in [-0.3, -0.25) is 4.84 Å². The van der Waals surface area contributed by atoms with Gasteiger partial charge in [-0.1, -0.05) is 19.3 Å². The highest BCUT2D eigenvalue weighted by Crippen LogP contribution is 2.28. The molecule has 0 aromatic heterocycles. The van der Waals surface area contributed by atoms with Crippen LogP contribution in [0, 0.1) is 0 Å². The Morgan fingerprint density at radius 3 is 3.00 bits per heavy atom. The Hall–Kier alpha value is -0.120. The minimum absolute atomic E-state index is 0.0306. The zero-order valence-corrected chi connectivity index (χ0v) is 9.08. The highest BCUT2D eigenvalue weighted by Gasteiger charge is 2.33. The Labute approximate surface area is 86.3 Å². The fourth-order valence-electron chi connectivity index (χ4n) is 2.40. The Bertz CT molecular complexity index is 159. The average Bonchev–Trinajstić information content (AvgIpc) is 2.48. The van der Waals surface area contributed by atoms with Crippen LogP contribution in [0.2, 0.25) is 0 Å². The fraction of sp³-hybridized carbons (Fsp3) is 1.00. The molecule has 0 amide bonds. The zero-order valence-electron chi connectivity index (χ0n) is 9.08. The van der Waals surface area contributed by atoms with E-state index in [0.29, 0.717) is 6.04 Å². The van der Waals surface area contributed by atoms with E-state index in [1.54, 1.807) is 0 Å². The first-order chi connectivity index (χ1) is 6.90. The van der Waals surface area contributed by atoms with Crippen molar-refractivity contribution in [2.45, 2.75) is 57.8 Å². The Balaban J connectivity index is 1.86. The molecule has 0 N–H and O–H groups in total. The molecule has 2 aliphatic rings. The predicted octanol–water partition coefficient (Wildman–Crippen LogP) is 2.32. The first-order valence-corrected chi connectivity index (χ1v) is 5.95. The van der Waals surface area contributed by atoms with Crippen LogP contribution in [-0.2, 0) is 9.57 Å². The van der Waals surface area contributed by atoms with Gasteiger partial charge in [0.2, 0.25) is 0 Å². The van der Waals surface area contributed by atoms with Crippen molar-refractivity contribution in [2.24, 2.45) is 0 Å². The second-order valence-corrected chi connectivity index (χ2v) is 4.22. The van der Waals surface area contributed by atoms with Crippen LogP contribution in [-0.4, -0.2) is 30.5 Å². The largest absolute Gasteiger partial charge is 0.351 e. The van der Waals surface area contributed by atoms with Crippen molar-refractivity contribution in [2.75, 3.05) is 13.2 Å². The highest BCUT2D eigenvalue weighted by molar-refractivity contribution is 4.75. The average molecular weight is 199 g/mol. The first kappa shape index (κ1) is 10.4. The molecular weight excluding hydrogens is 178 g/mol. The molecule has 2 saturated heterocycles. The summed E-state index contributed by atoms with van der Waals surface area (Å²) in [5.41, 5.74) is 0. The van der Waals surface area contributed by atoms with E-state index >= 15 is 0 Å². The summed E-state index contributed by atoms with van der Waals surface area (Å²) >= 11 is 0. The van der Waals surface area contributed by atoms with Crippen molar-refractivity contribution < 1.29 is 9.57 Å². The Morgan fingerprint density at radius 1 is 1.29 bits per heavy atom. The van der Waals surface area contributed by atoms with Crippen molar-refractivity contribution in [1.29, 1.82) is 0 Å². The van der Waals surface area contributed by atoms with Crippen LogP contribution in [0.1, 0.15) is 45.4 Å². The third-order valence-electron chi connectivity index (χ3n) is 3.14. The molecule has 2 atom stereocenters. The SMILES string of the molecule is CCO[C@H]1C[C@H]2CCCCCCN2O1. The van der Waals surface area contributed by atoms with Gasteiger partial charge in [-0.25, -0.2) is 0 Å². The predicted molar refractivity (Wildman–Crippen MR) is 54.7 cm³/mol. The van der Waals surface area contributed by atoms with Crippen molar-refractivity contribution in [3.8, 4) is 0 Å². The quantitative estimate of drug-likeness (QED) is 0.681. The van der Waals surface area contributed by atoms with Gasteiger partial charge in [0.05, 0.1) is 0 Å². The lowest BCUT2D eigenvalue weighted by molar-refractivity contribution is -0.239. The standard InChI is InChI=1S/C11H21NO2/c1-2-13-11-9-10-7-5-3-4-6-8-12(10)14-11/h10-11H,2-9H2,1H3/t10-,11-/m1/s1. The van der Waals surface area contributed by atoms with Gasteiger partial charge >= 0.3 is 0 Å². The molecule has 2 aliphatic heterocycles. The van der Waals surface area contributed by atoms with Gasteiger partial charge in [-0.05, 0) is 19.8 Å². The van der Waals surface area contributed by atoms with Gasteiger partial charge in [0.25, 0.3) is 0 Å². The molecule has 0 spiro atoms. The summed E-state index contributed by atoms with van der Waals surface area (Å²) in [4.78, 5) is 5.75. The van der Waals surface area contributed by atoms with Gasteiger partial charge in [0.1, 0.15) is 0 Å². The zero-order chi connectivity index (χ0) is 9.80. The van der Waals surface area contributed by atoms with E-state index in [9.17, 15) is 0 Å². The summed E-state index contributed by atoms with van der Waals surface area (Å²) < 4.78 is 5.51. The Kier molecular flexibility index (Phi) is 3.79. The van der Waals surface area contributed by atoms with Crippen molar-refractivity contribution in [3.05, 3.63) is 0 Å². The third-order valence-corrected chi connectivity index (χ3v) is 3.14. The van der Waals surface area contributed by atoms with E-state index in [0.717, 1.165) is 19.6 Å². The van der Waals surface area contributed by atoms with Crippen LogP contribution in [0.3, 0.4) is 0 Å². The van der Waals surface area contributed by atoms with Crippen LogP contribution in [0.4, 0.5) is 0 Å². The summed E-state index contributed by atoms with van der Waals surface area (Å²) in [5.74, 6) is 0. The summed E-state index contributed by atoms with van der Waals surface area (Å²) in [6, 6.07) is 0.617. The van der Waals surface area contributed by atoms with Crippen LogP contribution in [0.15, 0.2) is 0 Å². The topological polar surface area (TPSA) is 21.7 Å². The van der Waals surface area contributed by atoms with Crippen LogP contribution in [0.5, 0.6) is 0 Å². The van der Waals surface area contributed by atoms with E-state index in [2.05, 4.69) is 5.06 Å². The lowest BCUT2D eigenvalue weighted by Crippen LogP contribution is -2.30. The minimum Gasteiger partial charge on any atom is -0.351 e. The summed E-state index contributed by atoms with van der Waals surface area (Å²) in [5, 5.41) is 2.17. The number of hydrogen-bond acceptors (Lipinski definition) is 3. The molecule has 0 aromatic rings. The molecule has 82 valence electrons. The normalized spacial score (nSPS) is 34.9. The number of rotatable bonds is 2. The van der Waals surface area contributed by atoms with E-state index in [-0.39, 0.29) is 6.29 Å². The van der Waals surface area contributed by atoms with Gasteiger partial charge in [-0.15, -0.1) is 0 Å². The van der Waals surface area contributed by atoms with Crippen LogP contribution < -0.4 is 0 Å². The number of hydrogen-bond donors (Lipinski definition) is 0. The molecule has 2 fully saturated rings. The number of fused-ring (bicyclic) bond motifs is 1. The van der Waals surface area contributed by atoms with Crippen molar-refractivity contribution >= 4 is 0 Å². The van der Waals surface area contributed by atoms with Crippen molar-refractivity contribution in [1.82, 2.24) is 5.06 Å². The third kappa shape index (κ3) is 2.47. The van der Waals surface area contributed by atoms with Crippen LogP contribution >= 0.6 is 0 Å². The van der Waals surface area contributed by atoms with E-state index in [1.165, 1.54) is 32.1 Å². The molecule has 2 rings (SSSR count). The maximum absolute atomic E-state index is 5.75. The monoisotopic (exact) mass is 199 g/mol. The lowest BCUT2D eigenvalue weighted by Gasteiger charge is -2.24. The summed E-state index contributed by atoms with van der Waals surface area (Å²) in [7, 11) is 0. The molecule has 0 radical (unpaired) electrons. The van der Waals surface area contributed by atoms with Gasteiger partial charge < -0.3 is 4.74 Å². The lowest BCUT2D eigenvalue weighted by atomic mass is 10.0. The minimum atomic E-state index is 0.0306. The molecule has 0 unspecified atom stereocenters. The summed E-state index contributed by atoms with van der Waals surface area (Å²) in [6.07, 6.45) is 7.74. The number of ether oxygens (including phenoxy) is 1. The second kappa shape index (κ2) is 5.10.